The lowest BCUT2D eigenvalue weighted by Crippen LogP contribution is -2.14. The fraction of sp³-hybridized carbons (Fsp3) is 0.625. The van der Waals surface area contributed by atoms with Gasteiger partial charge in [0, 0.05) is 11.1 Å². The molecule has 0 aromatic heterocycles. The smallest absolute Gasteiger partial charge is 0.333 e. The fourth-order valence-corrected chi connectivity index (χ4v) is 1.30. The van der Waals surface area contributed by atoms with Gasteiger partial charge in [0.05, 0.1) is 46.2 Å². The molecule has 8 heteroatoms. The van der Waals surface area contributed by atoms with E-state index in [0.717, 1.165) is 0 Å². The van der Waals surface area contributed by atoms with Gasteiger partial charge in [0.2, 0.25) is 0 Å². The Morgan fingerprint density at radius 2 is 1.25 bits per heavy atom. The van der Waals surface area contributed by atoms with Crippen molar-refractivity contribution in [2.75, 3.05) is 52.9 Å². The van der Waals surface area contributed by atoms with E-state index in [9.17, 15) is 9.59 Å². The van der Waals surface area contributed by atoms with Crippen molar-refractivity contribution in [3.63, 3.8) is 0 Å². The van der Waals surface area contributed by atoms with Crippen LogP contribution >= 0.6 is 0 Å². The van der Waals surface area contributed by atoms with Gasteiger partial charge in [-0.1, -0.05) is 12.2 Å². The third-order valence-electron chi connectivity index (χ3n) is 2.68. The molecule has 0 aliphatic rings. The number of carboxylic acids is 1. The molecule has 8 nitrogen and oxygen atoms in total. The van der Waals surface area contributed by atoms with Gasteiger partial charge in [-0.15, -0.1) is 0 Å². The van der Waals surface area contributed by atoms with Crippen molar-refractivity contribution in [1.82, 2.24) is 0 Å². The maximum atomic E-state index is 11.6. The molecule has 0 saturated heterocycles. The molecule has 0 aliphatic carbocycles. The maximum Gasteiger partial charge on any atom is 0.333 e. The summed E-state index contributed by atoms with van der Waals surface area (Å²) < 4.78 is 20.4. The molecule has 0 heterocycles. The minimum Gasteiger partial charge on any atom is -0.478 e. The van der Waals surface area contributed by atoms with Gasteiger partial charge < -0.3 is 29.2 Å². The average molecular weight is 346 g/mol. The van der Waals surface area contributed by atoms with Crippen molar-refractivity contribution in [2.24, 2.45) is 0 Å². The molecule has 0 atom stereocenters. The number of carbonyl (C=O) groups excluding carboxylic acids is 1. The van der Waals surface area contributed by atoms with Crippen LogP contribution in [-0.4, -0.2) is 75.0 Å². The quantitative estimate of drug-likeness (QED) is 0.203. The van der Waals surface area contributed by atoms with E-state index in [1.165, 1.54) is 19.1 Å². The molecular formula is C16H26O8. The van der Waals surface area contributed by atoms with E-state index in [1.807, 2.05) is 0 Å². The van der Waals surface area contributed by atoms with Crippen molar-refractivity contribution in [3.05, 3.63) is 23.3 Å². The summed E-state index contributed by atoms with van der Waals surface area (Å²) in [6.07, 6.45) is 2.75. The highest BCUT2D eigenvalue weighted by atomic mass is 16.6. The topological polar surface area (TPSA) is 112 Å². The van der Waals surface area contributed by atoms with Crippen LogP contribution in [0.3, 0.4) is 0 Å². The van der Waals surface area contributed by atoms with Crippen molar-refractivity contribution >= 4 is 11.9 Å². The van der Waals surface area contributed by atoms with Crippen LogP contribution in [0.15, 0.2) is 23.3 Å². The summed E-state index contributed by atoms with van der Waals surface area (Å²) in [5.74, 6) is -1.56. The predicted octanol–water partition coefficient (Wildman–Crippen LogP) is 0.549. The minimum absolute atomic E-state index is 0.00799. The third kappa shape index (κ3) is 12.8. The summed E-state index contributed by atoms with van der Waals surface area (Å²) in [6, 6.07) is 0. The number of carboxylic acid groups (broad SMARTS) is 1. The van der Waals surface area contributed by atoms with E-state index in [4.69, 9.17) is 29.2 Å². The molecule has 0 aliphatic heterocycles. The van der Waals surface area contributed by atoms with E-state index in [-0.39, 0.29) is 25.4 Å². The molecule has 0 bridgehead atoms. The first kappa shape index (κ1) is 22.3. The number of esters is 1. The molecule has 0 aromatic carbocycles. The standard InChI is InChI=1S/C16H26O8/c1-13(15(18)19)3-4-14(2)16(20)24-12-11-23-10-9-22-8-7-21-6-5-17/h3-4,17H,5-12H2,1-2H3,(H,18,19). The number of aliphatic hydroxyl groups is 1. The second kappa shape index (κ2) is 14.8. The molecule has 0 unspecified atom stereocenters. The number of hydrogen-bond acceptors (Lipinski definition) is 7. The first-order valence-electron chi connectivity index (χ1n) is 7.58. The van der Waals surface area contributed by atoms with E-state index < -0.39 is 11.9 Å². The summed E-state index contributed by atoms with van der Waals surface area (Å²) in [7, 11) is 0. The second-order valence-electron chi connectivity index (χ2n) is 4.70. The Labute approximate surface area is 141 Å². The van der Waals surface area contributed by atoms with E-state index in [0.29, 0.717) is 38.6 Å². The monoisotopic (exact) mass is 346 g/mol. The van der Waals surface area contributed by atoms with Crippen molar-refractivity contribution in [1.29, 1.82) is 0 Å². The molecule has 24 heavy (non-hydrogen) atoms. The van der Waals surface area contributed by atoms with Crippen molar-refractivity contribution in [2.45, 2.75) is 13.8 Å². The van der Waals surface area contributed by atoms with Crippen LogP contribution in [0.5, 0.6) is 0 Å². The van der Waals surface area contributed by atoms with E-state index in [1.54, 1.807) is 6.92 Å². The lowest BCUT2D eigenvalue weighted by Gasteiger charge is -2.07. The molecule has 0 aromatic rings. The average Bonchev–Trinajstić information content (AvgIpc) is 2.56. The van der Waals surface area contributed by atoms with Gasteiger partial charge in [-0.3, -0.25) is 0 Å². The first-order chi connectivity index (χ1) is 11.5. The number of aliphatic hydroxyl groups excluding tert-OH is 1. The molecular weight excluding hydrogens is 320 g/mol. The van der Waals surface area contributed by atoms with E-state index >= 15 is 0 Å². The summed E-state index contributed by atoms with van der Waals surface area (Å²) in [5.41, 5.74) is 0.439. The molecule has 2 N–H and O–H groups in total. The van der Waals surface area contributed by atoms with Gasteiger partial charge in [-0.2, -0.15) is 0 Å². The molecule has 0 radical (unpaired) electrons. The van der Waals surface area contributed by atoms with Gasteiger partial charge in [-0.05, 0) is 13.8 Å². The SMILES string of the molecule is CC(=CC=C(C)C(=O)OCCOCCOCCOCCO)C(=O)O. The van der Waals surface area contributed by atoms with E-state index in [2.05, 4.69) is 0 Å². The molecule has 0 saturated carbocycles. The Bertz CT molecular complexity index is 428. The van der Waals surface area contributed by atoms with Gasteiger partial charge in [0.1, 0.15) is 6.61 Å². The van der Waals surface area contributed by atoms with Gasteiger partial charge in [0.25, 0.3) is 0 Å². The van der Waals surface area contributed by atoms with Gasteiger partial charge in [0.15, 0.2) is 0 Å². The first-order valence-corrected chi connectivity index (χ1v) is 7.58. The van der Waals surface area contributed by atoms with Crippen molar-refractivity contribution < 1.29 is 38.7 Å². The van der Waals surface area contributed by atoms with Crippen LogP contribution in [0.2, 0.25) is 0 Å². The van der Waals surface area contributed by atoms with Crippen LogP contribution in [0.25, 0.3) is 0 Å². The summed E-state index contributed by atoms with van der Waals surface area (Å²) in [4.78, 5) is 22.2. The minimum atomic E-state index is -1.04. The highest BCUT2D eigenvalue weighted by Crippen LogP contribution is 2.00. The molecule has 0 rings (SSSR count). The number of aliphatic carboxylic acids is 1. The Kier molecular flexibility index (Phi) is 13.8. The normalized spacial score (nSPS) is 12.3. The number of allylic oxidation sites excluding steroid dienone is 2. The Balaban J connectivity index is 3.63. The Hall–Kier alpha value is -1.74. The van der Waals surface area contributed by atoms with Gasteiger partial charge >= 0.3 is 11.9 Å². The van der Waals surface area contributed by atoms with Crippen LogP contribution < -0.4 is 0 Å². The lowest BCUT2D eigenvalue weighted by atomic mass is 10.2. The number of hydrogen-bond donors (Lipinski definition) is 2. The van der Waals surface area contributed by atoms with Crippen LogP contribution in [0, 0.1) is 0 Å². The molecule has 0 spiro atoms. The zero-order valence-electron chi connectivity index (χ0n) is 14.2. The summed E-state index contributed by atoms with van der Waals surface area (Å²) in [6.45, 7) is 5.22. The Morgan fingerprint density at radius 1 is 0.792 bits per heavy atom. The molecule has 0 amide bonds. The highest BCUT2D eigenvalue weighted by Gasteiger charge is 2.05. The summed E-state index contributed by atoms with van der Waals surface area (Å²) in [5, 5.41) is 17.2. The van der Waals surface area contributed by atoms with Crippen LogP contribution in [-0.2, 0) is 28.5 Å². The lowest BCUT2D eigenvalue weighted by molar-refractivity contribution is -0.140. The number of carbonyl (C=O) groups is 2. The zero-order valence-corrected chi connectivity index (χ0v) is 14.2. The zero-order chi connectivity index (χ0) is 18.2. The van der Waals surface area contributed by atoms with Crippen LogP contribution in [0.1, 0.15) is 13.8 Å². The summed E-state index contributed by atoms with van der Waals surface area (Å²) >= 11 is 0. The second-order valence-corrected chi connectivity index (χ2v) is 4.70. The third-order valence-corrected chi connectivity index (χ3v) is 2.68. The Morgan fingerprint density at radius 3 is 1.75 bits per heavy atom. The number of rotatable bonds is 14. The van der Waals surface area contributed by atoms with Crippen LogP contribution in [0.4, 0.5) is 0 Å². The maximum absolute atomic E-state index is 11.6. The molecule has 0 fully saturated rings. The highest BCUT2D eigenvalue weighted by molar-refractivity contribution is 5.89. The largest absolute Gasteiger partial charge is 0.478 e. The van der Waals surface area contributed by atoms with Crippen molar-refractivity contribution in [3.8, 4) is 0 Å². The predicted molar refractivity (Wildman–Crippen MR) is 85.7 cm³/mol. The fourth-order valence-electron chi connectivity index (χ4n) is 1.30. The number of ether oxygens (including phenoxy) is 4. The van der Waals surface area contributed by atoms with Gasteiger partial charge in [-0.25, -0.2) is 9.59 Å². The molecule has 138 valence electrons.